The second-order valence-electron chi connectivity index (χ2n) is 4.61. The lowest BCUT2D eigenvalue weighted by atomic mass is 10.3. The van der Waals surface area contributed by atoms with Gasteiger partial charge in [-0.15, -0.1) is 0 Å². The van der Waals surface area contributed by atoms with Crippen molar-refractivity contribution in [2.75, 3.05) is 17.2 Å². The second kappa shape index (κ2) is 5.74. The number of pyridine rings is 1. The molecule has 108 valence electrons. The van der Waals surface area contributed by atoms with E-state index >= 15 is 0 Å². The van der Waals surface area contributed by atoms with E-state index in [2.05, 4.69) is 30.7 Å². The van der Waals surface area contributed by atoms with E-state index in [-0.39, 0.29) is 0 Å². The number of hydrogen-bond donors (Lipinski definition) is 2. The predicted molar refractivity (Wildman–Crippen MR) is 82.0 cm³/mol. The lowest BCUT2D eigenvalue weighted by Gasteiger charge is -2.09. The number of nitrogens with one attached hydrogen (secondary N) is 2. The van der Waals surface area contributed by atoms with Crippen molar-refractivity contribution in [3.05, 3.63) is 36.3 Å². The Labute approximate surface area is 122 Å². The van der Waals surface area contributed by atoms with E-state index in [1.54, 1.807) is 17.1 Å². The fourth-order valence-corrected chi connectivity index (χ4v) is 2.07. The molecule has 0 radical (unpaired) electrons. The van der Waals surface area contributed by atoms with Gasteiger partial charge in [-0.05, 0) is 19.1 Å². The largest absolute Gasteiger partial charge is 0.364 e. The van der Waals surface area contributed by atoms with E-state index in [9.17, 15) is 0 Å². The zero-order valence-electron chi connectivity index (χ0n) is 12.0. The lowest BCUT2D eigenvalue weighted by Crippen LogP contribution is -2.08. The molecule has 0 atom stereocenters. The number of anilines is 2. The van der Waals surface area contributed by atoms with E-state index in [1.165, 1.54) is 0 Å². The SMILES string of the molecule is CCNc1nc(NCc2ccccn2)c2cnn(C)c2n1. The monoisotopic (exact) mass is 283 g/mol. The molecule has 7 heteroatoms. The van der Waals surface area contributed by atoms with E-state index in [0.717, 1.165) is 29.1 Å². The molecule has 0 aliphatic heterocycles. The summed E-state index contributed by atoms with van der Waals surface area (Å²) in [6.07, 6.45) is 3.55. The van der Waals surface area contributed by atoms with E-state index in [1.807, 2.05) is 32.2 Å². The summed E-state index contributed by atoms with van der Waals surface area (Å²) in [6, 6.07) is 5.84. The highest BCUT2D eigenvalue weighted by Crippen LogP contribution is 2.21. The number of aryl methyl sites for hydroxylation is 1. The minimum atomic E-state index is 0.595. The molecule has 3 rings (SSSR count). The van der Waals surface area contributed by atoms with Crippen LogP contribution in [0.15, 0.2) is 30.6 Å². The second-order valence-corrected chi connectivity index (χ2v) is 4.61. The first kappa shape index (κ1) is 13.3. The Kier molecular flexibility index (Phi) is 3.63. The van der Waals surface area contributed by atoms with Crippen LogP contribution in [0.25, 0.3) is 11.0 Å². The summed E-state index contributed by atoms with van der Waals surface area (Å²) < 4.78 is 1.74. The van der Waals surface area contributed by atoms with Gasteiger partial charge in [-0.3, -0.25) is 9.67 Å². The molecule has 0 aliphatic carbocycles. The first-order chi connectivity index (χ1) is 10.3. The zero-order valence-corrected chi connectivity index (χ0v) is 12.0. The first-order valence-corrected chi connectivity index (χ1v) is 6.85. The molecule has 0 saturated heterocycles. The average Bonchev–Trinajstić information content (AvgIpc) is 2.88. The summed E-state index contributed by atoms with van der Waals surface area (Å²) >= 11 is 0. The molecule has 7 nitrogen and oxygen atoms in total. The van der Waals surface area contributed by atoms with Crippen molar-refractivity contribution in [1.82, 2.24) is 24.7 Å². The molecule has 0 amide bonds. The topological polar surface area (TPSA) is 80.5 Å². The van der Waals surface area contributed by atoms with Gasteiger partial charge in [-0.2, -0.15) is 15.1 Å². The van der Waals surface area contributed by atoms with Gasteiger partial charge in [0, 0.05) is 19.8 Å². The van der Waals surface area contributed by atoms with Crippen LogP contribution in [0, 0.1) is 0 Å². The Balaban J connectivity index is 1.92. The quantitative estimate of drug-likeness (QED) is 0.743. The van der Waals surface area contributed by atoms with Crippen molar-refractivity contribution >= 4 is 22.8 Å². The van der Waals surface area contributed by atoms with E-state index in [4.69, 9.17) is 0 Å². The van der Waals surface area contributed by atoms with Crippen molar-refractivity contribution in [1.29, 1.82) is 0 Å². The molecule has 0 aromatic carbocycles. The van der Waals surface area contributed by atoms with Gasteiger partial charge in [0.1, 0.15) is 5.82 Å². The van der Waals surface area contributed by atoms with Crippen molar-refractivity contribution in [3.63, 3.8) is 0 Å². The zero-order chi connectivity index (χ0) is 14.7. The van der Waals surface area contributed by atoms with Gasteiger partial charge < -0.3 is 10.6 Å². The molecule has 2 N–H and O–H groups in total. The Bertz CT molecular complexity index is 736. The van der Waals surface area contributed by atoms with Crippen molar-refractivity contribution < 1.29 is 0 Å². The third kappa shape index (κ3) is 2.76. The van der Waals surface area contributed by atoms with Gasteiger partial charge >= 0.3 is 0 Å². The van der Waals surface area contributed by atoms with Crippen LogP contribution in [-0.2, 0) is 13.6 Å². The number of fused-ring (bicyclic) bond motifs is 1. The maximum atomic E-state index is 4.50. The maximum absolute atomic E-state index is 4.50. The van der Waals surface area contributed by atoms with Crippen LogP contribution < -0.4 is 10.6 Å². The van der Waals surface area contributed by atoms with E-state index in [0.29, 0.717) is 12.5 Å². The summed E-state index contributed by atoms with van der Waals surface area (Å²) in [6.45, 7) is 3.38. The average molecular weight is 283 g/mol. The molecule has 0 aliphatic rings. The number of aromatic nitrogens is 5. The molecule has 0 unspecified atom stereocenters. The summed E-state index contributed by atoms with van der Waals surface area (Å²) in [5.41, 5.74) is 1.75. The van der Waals surface area contributed by atoms with Gasteiger partial charge in [-0.1, -0.05) is 6.07 Å². The molecule has 3 heterocycles. The summed E-state index contributed by atoms with van der Waals surface area (Å²) in [5, 5.41) is 11.6. The summed E-state index contributed by atoms with van der Waals surface area (Å²) in [7, 11) is 1.87. The van der Waals surface area contributed by atoms with Crippen molar-refractivity contribution in [2.45, 2.75) is 13.5 Å². The fourth-order valence-electron chi connectivity index (χ4n) is 2.07. The summed E-state index contributed by atoms with van der Waals surface area (Å²) in [4.78, 5) is 13.3. The third-order valence-corrected chi connectivity index (χ3v) is 3.09. The van der Waals surface area contributed by atoms with Gasteiger partial charge in [0.2, 0.25) is 5.95 Å². The smallest absolute Gasteiger partial charge is 0.226 e. The molecular weight excluding hydrogens is 266 g/mol. The highest BCUT2D eigenvalue weighted by Gasteiger charge is 2.11. The van der Waals surface area contributed by atoms with Crippen LogP contribution in [0.5, 0.6) is 0 Å². The molecule has 0 fully saturated rings. The standard InChI is InChI=1S/C14H17N7/c1-3-15-14-19-12(11-9-18-21(2)13(11)20-14)17-8-10-6-4-5-7-16-10/h4-7,9H,3,8H2,1-2H3,(H2,15,17,19,20). The van der Waals surface area contributed by atoms with E-state index < -0.39 is 0 Å². The van der Waals surface area contributed by atoms with Crippen molar-refractivity contribution in [3.8, 4) is 0 Å². The molecule has 3 aromatic heterocycles. The minimum absolute atomic E-state index is 0.595. The van der Waals surface area contributed by atoms with Crippen LogP contribution in [0.2, 0.25) is 0 Å². The van der Waals surface area contributed by atoms with Gasteiger partial charge in [0.15, 0.2) is 5.65 Å². The molecule has 21 heavy (non-hydrogen) atoms. The van der Waals surface area contributed by atoms with Gasteiger partial charge in [0.05, 0.1) is 23.8 Å². The number of hydrogen-bond acceptors (Lipinski definition) is 6. The molecule has 0 saturated carbocycles. The number of nitrogens with zero attached hydrogens (tertiary/aromatic N) is 5. The lowest BCUT2D eigenvalue weighted by molar-refractivity contribution is 0.785. The predicted octanol–water partition coefficient (Wildman–Crippen LogP) is 1.80. The fraction of sp³-hybridized carbons (Fsp3) is 0.286. The number of rotatable bonds is 5. The van der Waals surface area contributed by atoms with Gasteiger partial charge in [0.25, 0.3) is 0 Å². The Morgan fingerprint density at radius 2 is 2.10 bits per heavy atom. The normalized spacial score (nSPS) is 10.8. The Hall–Kier alpha value is -2.70. The highest BCUT2D eigenvalue weighted by molar-refractivity contribution is 5.87. The maximum Gasteiger partial charge on any atom is 0.226 e. The molecule has 3 aromatic rings. The highest BCUT2D eigenvalue weighted by atomic mass is 15.3. The van der Waals surface area contributed by atoms with Crippen LogP contribution in [0.3, 0.4) is 0 Å². The van der Waals surface area contributed by atoms with Crippen LogP contribution in [-0.4, -0.2) is 31.3 Å². The first-order valence-electron chi connectivity index (χ1n) is 6.85. The Morgan fingerprint density at radius 3 is 2.86 bits per heavy atom. The van der Waals surface area contributed by atoms with Crippen LogP contribution >= 0.6 is 0 Å². The minimum Gasteiger partial charge on any atom is -0.364 e. The van der Waals surface area contributed by atoms with Crippen molar-refractivity contribution in [2.24, 2.45) is 7.05 Å². The summed E-state index contributed by atoms with van der Waals surface area (Å²) in [5.74, 6) is 1.35. The molecule has 0 spiro atoms. The Morgan fingerprint density at radius 1 is 1.19 bits per heavy atom. The third-order valence-electron chi connectivity index (χ3n) is 3.09. The van der Waals surface area contributed by atoms with Crippen LogP contribution in [0.4, 0.5) is 11.8 Å². The molecular formula is C14H17N7. The van der Waals surface area contributed by atoms with Gasteiger partial charge in [-0.25, -0.2) is 0 Å². The molecule has 0 bridgehead atoms. The van der Waals surface area contributed by atoms with Crippen LogP contribution in [0.1, 0.15) is 12.6 Å².